The minimum atomic E-state index is -0.570. The summed E-state index contributed by atoms with van der Waals surface area (Å²) in [5, 5.41) is 24.8. The maximum absolute atomic E-state index is 13.5. The SMILES string of the molecule is O=C1CC(Cc2nnc(SCc3cccc([N+](=O)[O-])c3)n2-c2ccc(F)cc2)NC(=O)N1. The monoisotopic (exact) mass is 456 g/mol. The number of carbonyl (C=O) groups is 2. The van der Waals surface area contributed by atoms with Crippen molar-refractivity contribution < 1.29 is 18.9 Å². The molecule has 32 heavy (non-hydrogen) atoms. The second-order valence-corrected chi connectivity index (χ2v) is 8.00. The highest BCUT2D eigenvalue weighted by Gasteiger charge is 2.26. The highest BCUT2D eigenvalue weighted by Crippen LogP contribution is 2.27. The van der Waals surface area contributed by atoms with Gasteiger partial charge in [-0.3, -0.25) is 24.8 Å². The highest BCUT2D eigenvalue weighted by molar-refractivity contribution is 7.98. The van der Waals surface area contributed by atoms with Gasteiger partial charge in [-0.05, 0) is 29.8 Å². The van der Waals surface area contributed by atoms with Crippen LogP contribution in [0.4, 0.5) is 14.9 Å². The molecule has 1 unspecified atom stereocenters. The molecule has 3 aromatic rings. The van der Waals surface area contributed by atoms with Gasteiger partial charge in [-0.2, -0.15) is 0 Å². The Morgan fingerprint density at radius 2 is 1.97 bits per heavy atom. The van der Waals surface area contributed by atoms with Gasteiger partial charge in [0.1, 0.15) is 11.6 Å². The quantitative estimate of drug-likeness (QED) is 0.317. The number of carbonyl (C=O) groups excluding carboxylic acids is 2. The second kappa shape index (κ2) is 9.14. The van der Waals surface area contributed by atoms with Gasteiger partial charge in [-0.25, -0.2) is 9.18 Å². The van der Waals surface area contributed by atoms with Gasteiger partial charge in [0, 0.05) is 42.5 Å². The number of halogens is 1. The molecule has 0 radical (unpaired) electrons. The van der Waals surface area contributed by atoms with E-state index in [4.69, 9.17) is 0 Å². The van der Waals surface area contributed by atoms with Crippen LogP contribution >= 0.6 is 11.8 Å². The van der Waals surface area contributed by atoms with E-state index in [0.29, 0.717) is 22.4 Å². The molecule has 12 heteroatoms. The number of nitrogens with zero attached hydrogens (tertiary/aromatic N) is 4. The number of nitro groups is 1. The maximum Gasteiger partial charge on any atom is 0.321 e. The summed E-state index contributed by atoms with van der Waals surface area (Å²) >= 11 is 1.31. The van der Waals surface area contributed by atoms with Crippen molar-refractivity contribution in [3.8, 4) is 5.69 Å². The van der Waals surface area contributed by atoms with Crippen LogP contribution in [0.3, 0.4) is 0 Å². The molecule has 2 aromatic carbocycles. The summed E-state index contributed by atoms with van der Waals surface area (Å²) in [6.45, 7) is 0. The number of hydrogen-bond donors (Lipinski definition) is 2. The number of thioether (sulfide) groups is 1. The molecule has 1 atom stereocenters. The molecule has 1 aliphatic rings. The second-order valence-electron chi connectivity index (χ2n) is 7.05. The predicted octanol–water partition coefficient (Wildman–Crippen LogP) is 2.75. The van der Waals surface area contributed by atoms with Crippen LogP contribution in [0.5, 0.6) is 0 Å². The molecule has 10 nitrogen and oxygen atoms in total. The molecule has 1 fully saturated rings. The Bertz CT molecular complexity index is 1170. The van der Waals surface area contributed by atoms with Crippen molar-refractivity contribution in [1.29, 1.82) is 0 Å². The number of nitrogens with one attached hydrogen (secondary N) is 2. The third kappa shape index (κ3) is 4.91. The Morgan fingerprint density at radius 3 is 2.69 bits per heavy atom. The van der Waals surface area contributed by atoms with Crippen molar-refractivity contribution >= 4 is 29.4 Å². The van der Waals surface area contributed by atoms with Crippen molar-refractivity contribution in [2.75, 3.05) is 0 Å². The van der Waals surface area contributed by atoms with Crippen LogP contribution in [-0.2, 0) is 17.0 Å². The Hall–Kier alpha value is -3.80. The minimum Gasteiger partial charge on any atom is -0.334 e. The fourth-order valence-electron chi connectivity index (χ4n) is 3.30. The Balaban J connectivity index is 1.61. The van der Waals surface area contributed by atoms with E-state index in [1.165, 1.54) is 36.0 Å². The Labute approximate surface area is 185 Å². The number of imide groups is 1. The van der Waals surface area contributed by atoms with E-state index in [0.717, 1.165) is 5.56 Å². The highest BCUT2D eigenvalue weighted by atomic mass is 32.2. The van der Waals surface area contributed by atoms with Gasteiger partial charge in [0.25, 0.3) is 5.69 Å². The van der Waals surface area contributed by atoms with Crippen LogP contribution in [0.25, 0.3) is 5.69 Å². The predicted molar refractivity (Wildman–Crippen MR) is 113 cm³/mol. The van der Waals surface area contributed by atoms with Crippen molar-refractivity contribution in [2.45, 2.75) is 29.8 Å². The minimum absolute atomic E-state index is 0.00453. The number of rotatable bonds is 7. The molecule has 0 bridgehead atoms. The molecule has 164 valence electrons. The first-order chi connectivity index (χ1) is 15.4. The van der Waals surface area contributed by atoms with Gasteiger partial charge in [0.15, 0.2) is 5.16 Å². The number of urea groups is 1. The van der Waals surface area contributed by atoms with Crippen LogP contribution in [0.1, 0.15) is 17.8 Å². The molecule has 0 aliphatic carbocycles. The van der Waals surface area contributed by atoms with E-state index in [1.807, 2.05) is 0 Å². The molecule has 3 amide bonds. The lowest BCUT2D eigenvalue weighted by molar-refractivity contribution is -0.384. The van der Waals surface area contributed by atoms with E-state index in [-0.39, 0.29) is 24.4 Å². The smallest absolute Gasteiger partial charge is 0.321 e. The standard InChI is InChI=1S/C20H17FN6O4S/c21-13-4-6-15(7-5-13)26-17(9-14-10-18(28)23-19(29)22-14)24-25-20(26)32-11-12-2-1-3-16(8-12)27(30)31/h1-8,14H,9-11H2,(H2,22,23,28,29). The molecule has 1 aliphatic heterocycles. The van der Waals surface area contributed by atoms with Gasteiger partial charge in [0.2, 0.25) is 5.91 Å². The van der Waals surface area contributed by atoms with Gasteiger partial charge in [0.05, 0.1) is 4.92 Å². The summed E-state index contributed by atoms with van der Waals surface area (Å²) in [5.41, 5.74) is 1.34. The van der Waals surface area contributed by atoms with Gasteiger partial charge in [-0.1, -0.05) is 23.9 Å². The summed E-state index contributed by atoms with van der Waals surface area (Å²) in [4.78, 5) is 33.9. The van der Waals surface area contributed by atoms with E-state index in [9.17, 15) is 24.1 Å². The molecule has 4 rings (SSSR count). The van der Waals surface area contributed by atoms with Crippen LogP contribution in [0.2, 0.25) is 0 Å². The number of amides is 3. The maximum atomic E-state index is 13.5. The van der Waals surface area contributed by atoms with Crippen LogP contribution in [0, 0.1) is 15.9 Å². The largest absolute Gasteiger partial charge is 0.334 e. The van der Waals surface area contributed by atoms with Crippen molar-refractivity contribution in [3.63, 3.8) is 0 Å². The zero-order valence-electron chi connectivity index (χ0n) is 16.5. The number of benzene rings is 2. The average Bonchev–Trinajstić information content (AvgIpc) is 3.14. The topological polar surface area (TPSA) is 132 Å². The summed E-state index contributed by atoms with van der Waals surface area (Å²) in [7, 11) is 0. The van der Waals surface area contributed by atoms with Gasteiger partial charge >= 0.3 is 6.03 Å². The first kappa shape index (κ1) is 21.4. The van der Waals surface area contributed by atoms with Gasteiger partial charge in [-0.15, -0.1) is 10.2 Å². The fraction of sp³-hybridized carbons (Fsp3) is 0.200. The number of nitro benzene ring substituents is 1. The molecule has 0 saturated carbocycles. The molecular weight excluding hydrogens is 439 g/mol. The summed E-state index contributed by atoms with van der Waals surface area (Å²) in [6.07, 6.45) is 0.332. The van der Waals surface area contributed by atoms with Crippen molar-refractivity contribution in [1.82, 2.24) is 25.4 Å². The molecule has 2 heterocycles. The van der Waals surface area contributed by atoms with E-state index >= 15 is 0 Å². The fourth-order valence-corrected chi connectivity index (χ4v) is 4.21. The summed E-state index contributed by atoms with van der Waals surface area (Å²) < 4.78 is 15.2. The lowest BCUT2D eigenvalue weighted by atomic mass is 10.1. The van der Waals surface area contributed by atoms with Crippen LogP contribution in [-0.4, -0.2) is 37.7 Å². The lowest BCUT2D eigenvalue weighted by Crippen LogP contribution is -2.53. The Morgan fingerprint density at radius 1 is 1.19 bits per heavy atom. The molecular formula is C20H17FN6O4S. The zero-order chi connectivity index (χ0) is 22.7. The molecule has 2 N–H and O–H groups in total. The third-order valence-electron chi connectivity index (χ3n) is 4.72. The third-order valence-corrected chi connectivity index (χ3v) is 5.72. The first-order valence-electron chi connectivity index (χ1n) is 9.56. The van der Waals surface area contributed by atoms with E-state index in [2.05, 4.69) is 20.8 Å². The van der Waals surface area contributed by atoms with Crippen LogP contribution < -0.4 is 10.6 Å². The van der Waals surface area contributed by atoms with Crippen LogP contribution in [0.15, 0.2) is 53.7 Å². The van der Waals surface area contributed by atoms with Crippen molar-refractivity contribution in [3.05, 3.63) is 75.9 Å². The van der Waals surface area contributed by atoms with E-state index in [1.54, 1.807) is 28.8 Å². The van der Waals surface area contributed by atoms with Gasteiger partial charge < -0.3 is 5.32 Å². The molecule has 1 aromatic heterocycles. The lowest BCUT2D eigenvalue weighted by Gasteiger charge is -2.23. The average molecular weight is 456 g/mol. The number of hydrogen-bond acceptors (Lipinski definition) is 7. The molecule has 0 spiro atoms. The van der Waals surface area contributed by atoms with E-state index < -0.39 is 22.8 Å². The first-order valence-corrected chi connectivity index (χ1v) is 10.5. The molecule has 1 saturated heterocycles. The van der Waals surface area contributed by atoms with Crippen molar-refractivity contribution in [2.24, 2.45) is 0 Å². The number of aromatic nitrogens is 3. The zero-order valence-corrected chi connectivity index (χ0v) is 17.3. The normalized spacial score (nSPS) is 15.8. The Kier molecular flexibility index (Phi) is 6.12. The summed E-state index contributed by atoms with van der Waals surface area (Å²) in [6, 6.07) is 11.0. The summed E-state index contributed by atoms with van der Waals surface area (Å²) in [5.74, 6) is 0.0965. The number of non-ortho nitro benzene ring substituents is 1.